The minimum Gasteiger partial charge on any atom is -0.506 e. The number of anilines is 1. The third-order valence-electron chi connectivity index (χ3n) is 7.93. The Morgan fingerprint density at radius 3 is 2.20 bits per heavy atom. The minimum absolute atomic E-state index is 0.0559. The Morgan fingerprint density at radius 2 is 1.61 bits per heavy atom. The molecular formula is C39H58N8O11S. The Bertz CT molecular complexity index is 1850. The molecule has 7 N–H and O–H groups in total. The van der Waals surface area contributed by atoms with Crippen LogP contribution >= 0.6 is 11.3 Å². The number of aliphatic hydroxyl groups excluding tert-OH is 1. The van der Waals surface area contributed by atoms with E-state index in [-0.39, 0.29) is 23.1 Å². The highest BCUT2D eigenvalue weighted by atomic mass is 32.1. The number of β-lactam (4-membered cyclic amide) rings is 1. The van der Waals surface area contributed by atoms with Crippen molar-refractivity contribution in [2.75, 3.05) is 25.1 Å². The molecule has 2 aromatic heterocycles. The van der Waals surface area contributed by atoms with Crippen molar-refractivity contribution in [3.8, 4) is 11.5 Å². The maximum atomic E-state index is 13.8. The van der Waals surface area contributed by atoms with Gasteiger partial charge in [0, 0.05) is 24.1 Å². The number of ether oxygens (including phenoxy) is 4. The molecular weight excluding hydrogens is 789 g/mol. The highest BCUT2D eigenvalue weighted by Crippen LogP contribution is 2.30. The molecule has 4 amide bonds. The first-order valence-corrected chi connectivity index (χ1v) is 20.2. The number of esters is 1. The summed E-state index contributed by atoms with van der Waals surface area (Å²) >= 11 is 0.987. The molecule has 3 heterocycles. The third kappa shape index (κ3) is 15.4. The molecule has 0 aliphatic carbocycles. The van der Waals surface area contributed by atoms with Crippen molar-refractivity contribution in [3.63, 3.8) is 0 Å². The Labute approximate surface area is 348 Å². The topological polar surface area (TPSA) is 262 Å². The summed E-state index contributed by atoms with van der Waals surface area (Å²) in [5, 5.41) is 30.8. The number of unbranched alkanes of at least 4 members (excludes halogenated alkanes) is 2. The summed E-state index contributed by atoms with van der Waals surface area (Å²) in [5.74, 6) is -2.66. The van der Waals surface area contributed by atoms with Crippen molar-refractivity contribution < 1.29 is 52.9 Å². The number of carbonyl (C=O) groups excluding carboxylic acids is 5. The van der Waals surface area contributed by atoms with Crippen molar-refractivity contribution in [2.24, 2.45) is 0 Å². The predicted octanol–water partition coefficient (Wildman–Crippen LogP) is 4.64. The van der Waals surface area contributed by atoms with Gasteiger partial charge in [-0.1, -0.05) is 26.7 Å². The van der Waals surface area contributed by atoms with Crippen LogP contribution in [0.2, 0.25) is 0 Å². The van der Waals surface area contributed by atoms with Crippen molar-refractivity contribution in [1.29, 1.82) is 5.41 Å². The second-order valence-electron chi connectivity index (χ2n) is 16.0. The molecule has 0 saturated carbocycles. The molecule has 0 radical (unpaired) electrons. The lowest BCUT2D eigenvalue weighted by Gasteiger charge is -2.38. The average Bonchev–Trinajstić information content (AvgIpc) is 3.58. The number of aromatic nitrogens is 2. The van der Waals surface area contributed by atoms with Gasteiger partial charge in [-0.3, -0.25) is 29.9 Å². The highest BCUT2D eigenvalue weighted by Gasteiger charge is 2.43. The lowest BCUT2D eigenvalue weighted by Crippen LogP contribution is -2.72. The van der Waals surface area contributed by atoms with E-state index in [1.54, 1.807) is 41.5 Å². The first kappa shape index (κ1) is 48.0. The van der Waals surface area contributed by atoms with E-state index in [1.165, 1.54) is 31.5 Å². The van der Waals surface area contributed by atoms with Gasteiger partial charge < -0.3 is 40.0 Å². The Morgan fingerprint density at radius 1 is 0.983 bits per heavy atom. The van der Waals surface area contributed by atoms with Gasteiger partial charge in [-0.15, -0.1) is 11.3 Å². The predicted molar refractivity (Wildman–Crippen MR) is 219 cm³/mol. The Hall–Kier alpha value is -5.34. The van der Waals surface area contributed by atoms with Gasteiger partial charge in [-0.05, 0) is 68.2 Å². The molecule has 326 valence electrons. The second-order valence-corrected chi connectivity index (χ2v) is 16.9. The van der Waals surface area contributed by atoms with Crippen molar-refractivity contribution in [1.82, 2.24) is 31.4 Å². The number of pyridine rings is 1. The summed E-state index contributed by atoms with van der Waals surface area (Å²) in [6, 6.07) is -1.89. The van der Waals surface area contributed by atoms with Crippen molar-refractivity contribution in [3.05, 3.63) is 35.1 Å². The molecule has 1 aliphatic heterocycles. The van der Waals surface area contributed by atoms with Crippen molar-refractivity contribution in [2.45, 2.75) is 130 Å². The molecule has 1 aliphatic rings. The summed E-state index contributed by atoms with van der Waals surface area (Å²) < 4.78 is 22.4. The minimum atomic E-state index is -1.60. The molecule has 1 fully saturated rings. The van der Waals surface area contributed by atoms with E-state index in [2.05, 4.69) is 36.7 Å². The molecule has 0 spiro atoms. The maximum absolute atomic E-state index is 13.8. The Kier molecular flexibility index (Phi) is 17.2. The molecule has 1 saturated heterocycles. The second kappa shape index (κ2) is 21.1. The number of nitrogens with one attached hydrogen (secondary N) is 6. The zero-order valence-corrected chi connectivity index (χ0v) is 36.1. The van der Waals surface area contributed by atoms with Crippen LogP contribution in [0.4, 0.5) is 9.93 Å². The zero-order chi connectivity index (χ0) is 44.1. The number of carbonyl (C=O) groups is 5. The van der Waals surface area contributed by atoms with Gasteiger partial charge in [0.05, 0.1) is 31.1 Å². The van der Waals surface area contributed by atoms with Gasteiger partial charge in [0.15, 0.2) is 28.3 Å². The lowest BCUT2D eigenvalue weighted by molar-refractivity contribution is -0.191. The number of amides is 4. The maximum Gasteiger partial charge on any atom is 0.413 e. The number of aliphatic hydroxyl groups is 1. The van der Waals surface area contributed by atoms with E-state index in [0.717, 1.165) is 43.1 Å². The van der Waals surface area contributed by atoms with E-state index in [1.807, 2.05) is 13.8 Å². The standard InChI is InChI=1S/C39H58N8O11S/c1-11-13-15-54-27-18-23(41-20-28(27)55-16-14-12-2)26(48)17-22(40)31(49)42-19-24-29(32(50)43-24)45-33(51)30(47-58-39(9,10)34(52)56-37(3,4)5)25-21-59-35(44-25)46-36(53)57-38(6,7)8/h17-18,20-21,24,29-30,40,47-48H,11-16,19H2,1-10H3,(H,42,49)(H,43,50)(H,45,51)(H,44,46,53)/b26-17-,40-22?/t24-,29+,30-/m1/s1. The smallest absolute Gasteiger partial charge is 0.413 e. The van der Waals surface area contributed by atoms with E-state index >= 15 is 0 Å². The molecule has 20 heteroatoms. The molecule has 3 atom stereocenters. The van der Waals surface area contributed by atoms with Crippen LogP contribution in [0.15, 0.2) is 23.7 Å². The SMILES string of the molecule is CCCCOc1cnc(/C(O)=C/C(=N)C(=O)NC[C@H]2NC(=O)[C@H]2NC(=O)[C@H](NOC(C)(C)C(=O)OC(C)(C)C)c2csc(NC(=O)OC(C)(C)C)n2)cc1OCCCC. The molecule has 59 heavy (non-hydrogen) atoms. The summed E-state index contributed by atoms with van der Waals surface area (Å²) in [7, 11) is 0. The largest absolute Gasteiger partial charge is 0.506 e. The van der Waals surface area contributed by atoms with Gasteiger partial charge in [0.1, 0.15) is 34.4 Å². The normalized spacial score (nSPS) is 16.2. The van der Waals surface area contributed by atoms with Crippen LogP contribution in [-0.4, -0.2) is 99.2 Å². The lowest BCUT2D eigenvalue weighted by atomic mass is 9.98. The first-order valence-electron chi connectivity index (χ1n) is 19.3. The fourth-order valence-electron chi connectivity index (χ4n) is 4.79. The number of thiazole rings is 1. The summed E-state index contributed by atoms with van der Waals surface area (Å²) in [6.07, 6.45) is 5.04. The van der Waals surface area contributed by atoms with E-state index in [4.69, 9.17) is 29.2 Å². The molecule has 0 unspecified atom stereocenters. The molecule has 0 bridgehead atoms. The number of nitrogens with zero attached hydrogens (tertiary/aromatic N) is 2. The summed E-state index contributed by atoms with van der Waals surface area (Å²) in [6.45, 7) is 17.7. The van der Waals surface area contributed by atoms with E-state index in [9.17, 15) is 29.1 Å². The van der Waals surface area contributed by atoms with Gasteiger partial charge >= 0.3 is 12.1 Å². The molecule has 19 nitrogen and oxygen atoms in total. The van der Waals surface area contributed by atoms with Gasteiger partial charge in [0.2, 0.25) is 11.8 Å². The van der Waals surface area contributed by atoms with Crippen LogP contribution in [-0.2, 0) is 33.5 Å². The number of hydroxylamine groups is 1. The average molecular weight is 847 g/mol. The van der Waals surface area contributed by atoms with Crippen LogP contribution in [0.5, 0.6) is 11.5 Å². The zero-order valence-electron chi connectivity index (χ0n) is 35.3. The van der Waals surface area contributed by atoms with Crippen LogP contribution in [0.3, 0.4) is 0 Å². The molecule has 2 aromatic rings. The van der Waals surface area contributed by atoms with Gasteiger partial charge in [-0.25, -0.2) is 19.6 Å². The summed E-state index contributed by atoms with van der Waals surface area (Å²) in [4.78, 5) is 78.8. The molecule has 3 rings (SSSR count). The number of hydrogen-bond acceptors (Lipinski definition) is 16. The molecule has 0 aromatic carbocycles. The third-order valence-corrected chi connectivity index (χ3v) is 8.71. The highest BCUT2D eigenvalue weighted by molar-refractivity contribution is 7.13. The number of rotatable bonds is 21. The van der Waals surface area contributed by atoms with Crippen LogP contribution in [0.1, 0.15) is 112 Å². The fourth-order valence-corrected chi connectivity index (χ4v) is 5.51. The van der Waals surface area contributed by atoms with Crippen LogP contribution in [0, 0.1) is 5.41 Å². The Balaban J connectivity index is 1.71. The van der Waals surface area contributed by atoms with Crippen LogP contribution < -0.4 is 36.2 Å². The van der Waals surface area contributed by atoms with Gasteiger partial charge in [-0.2, -0.15) is 5.48 Å². The number of hydrogen-bond donors (Lipinski definition) is 7. The van der Waals surface area contributed by atoms with E-state index < -0.39 is 76.2 Å². The summed E-state index contributed by atoms with van der Waals surface area (Å²) in [5.41, 5.74) is -1.13. The fraction of sp³-hybridized carbons (Fsp3) is 0.590. The van der Waals surface area contributed by atoms with E-state index in [0.29, 0.717) is 24.7 Å². The monoisotopic (exact) mass is 846 g/mol. The van der Waals surface area contributed by atoms with Gasteiger partial charge in [0.25, 0.3) is 5.91 Å². The van der Waals surface area contributed by atoms with Crippen molar-refractivity contribution >= 4 is 57.7 Å². The first-order chi connectivity index (χ1) is 27.5. The quantitative estimate of drug-likeness (QED) is 0.0226. The van der Waals surface area contributed by atoms with Crippen LogP contribution in [0.25, 0.3) is 5.76 Å².